The maximum Gasteiger partial charge on any atom is 0.326 e. The Hall–Kier alpha value is -1.67. The van der Waals surface area contributed by atoms with E-state index < -0.39 is 36.4 Å². The number of carbonyl (C=O) groups excluding carboxylic acids is 1. The highest BCUT2D eigenvalue weighted by Gasteiger charge is 2.22. The molecule has 0 radical (unpaired) electrons. The quantitative estimate of drug-likeness (QED) is 0.316. The minimum atomic E-state index is -1.33. The summed E-state index contributed by atoms with van der Waals surface area (Å²) in [5, 5.41) is 19.6. The van der Waals surface area contributed by atoms with Gasteiger partial charge in [0.1, 0.15) is 12.1 Å². The Kier molecular flexibility index (Phi) is 7.64. The summed E-state index contributed by atoms with van der Waals surface area (Å²) in [5.74, 6) is -3.16. The first-order valence-corrected chi connectivity index (χ1v) is 5.59. The van der Waals surface area contributed by atoms with Crippen molar-refractivity contribution in [3.63, 3.8) is 0 Å². The lowest BCUT2D eigenvalue weighted by Gasteiger charge is -2.15. The average Bonchev–Trinajstić information content (AvgIpc) is 2.27. The van der Waals surface area contributed by atoms with Crippen molar-refractivity contribution < 1.29 is 24.6 Å². The van der Waals surface area contributed by atoms with Crippen molar-refractivity contribution in [2.24, 2.45) is 11.5 Å². The van der Waals surface area contributed by atoms with Crippen LogP contribution < -0.4 is 16.8 Å². The summed E-state index contributed by atoms with van der Waals surface area (Å²) in [6, 6.07) is -2.37. The second-order valence-corrected chi connectivity index (χ2v) is 3.89. The summed E-state index contributed by atoms with van der Waals surface area (Å²) in [6.07, 6.45) is 1.03. The molecule has 18 heavy (non-hydrogen) atoms. The highest BCUT2D eigenvalue weighted by Crippen LogP contribution is 2.01. The lowest BCUT2D eigenvalue weighted by molar-refractivity contribution is -0.143. The van der Waals surface area contributed by atoms with Crippen molar-refractivity contribution >= 4 is 17.8 Å². The van der Waals surface area contributed by atoms with Crippen LogP contribution in [0.25, 0.3) is 0 Å². The van der Waals surface area contributed by atoms with Crippen LogP contribution in [0.5, 0.6) is 0 Å². The molecule has 0 saturated carbocycles. The SMILES string of the molecule is NCCCCC(NC(=O)CC(N)C(=O)O)C(=O)O. The fourth-order valence-electron chi connectivity index (χ4n) is 1.29. The number of nitrogens with two attached hydrogens (primary N) is 2. The molecule has 2 atom stereocenters. The highest BCUT2D eigenvalue weighted by atomic mass is 16.4. The summed E-state index contributed by atoms with van der Waals surface area (Å²) in [7, 11) is 0. The summed E-state index contributed by atoms with van der Waals surface area (Å²) in [5.41, 5.74) is 10.4. The Morgan fingerprint density at radius 1 is 1.11 bits per heavy atom. The number of hydrogen-bond acceptors (Lipinski definition) is 5. The van der Waals surface area contributed by atoms with Gasteiger partial charge in [-0.05, 0) is 25.8 Å². The van der Waals surface area contributed by atoms with Crippen molar-refractivity contribution in [1.29, 1.82) is 0 Å². The molecule has 0 aromatic heterocycles. The van der Waals surface area contributed by atoms with Gasteiger partial charge in [-0.25, -0.2) is 4.79 Å². The first kappa shape index (κ1) is 16.3. The van der Waals surface area contributed by atoms with Gasteiger partial charge < -0.3 is 27.0 Å². The monoisotopic (exact) mass is 261 g/mol. The van der Waals surface area contributed by atoms with Crippen molar-refractivity contribution in [3.8, 4) is 0 Å². The van der Waals surface area contributed by atoms with Crippen LogP contribution in [0.1, 0.15) is 25.7 Å². The first-order chi connectivity index (χ1) is 8.38. The largest absolute Gasteiger partial charge is 0.480 e. The zero-order valence-corrected chi connectivity index (χ0v) is 9.96. The minimum Gasteiger partial charge on any atom is -0.480 e. The van der Waals surface area contributed by atoms with Crippen LogP contribution in [-0.2, 0) is 14.4 Å². The molecule has 0 spiro atoms. The number of carboxylic acids is 2. The highest BCUT2D eigenvalue weighted by molar-refractivity contribution is 5.87. The Morgan fingerprint density at radius 2 is 1.72 bits per heavy atom. The number of rotatable bonds is 9. The van der Waals surface area contributed by atoms with E-state index >= 15 is 0 Å². The molecule has 0 aliphatic heterocycles. The van der Waals surface area contributed by atoms with Gasteiger partial charge in [0.25, 0.3) is 0 Å². The zero-order chi connectivity index (χ0) is 14.1. The first-order valence-electron chi connectivity index (χ1n) is 5.59. The zero-order valence-electron chi connectivity index (χ0n) is 9.96. The Balaban J connectivity index is 4.19. The van der Waals surface area contributed by atoms with E-state index in [1.54, 1.807) is 0 Å². The van der Waals surface area contributed by atoms with Gasteiger partial charge in [-0.2, -0.15) is 0 Å². The van der Waals surface area contributed by atoms with Gasteiger partial charge in [-0.15, -0.1) is 0 Å². The molecule has 8 nitrogen and oxygen atoms in total. The van der Waals surface area contributed by atoms with E-state index in [1.165, 1.54) is 0 Å². The number of amides is 1. The van der Waals surface area contributed by atoms with Gasteiger partial charge in [0.2, 0.25) is 5.91 Å². The summed E-state index contributed by atoms with van der Waals surface area (Å²) in [6.45, 7) is 0.449. The number of carbonyl (C=O) groups is 3. The normalized spacial score (nSPS) is 13.7. The van der Waals surface area contributed by atoms with Crippen molar-refractivity contribution in [3.05, 3.63) is 0 Å². The van der Waals surface area contributed by atoms with E-state index in [0.29, 0.717) is 19.4 Å². The predicted molar refractivity (Wildman–Crippen MR) is 62.7 cm³/mol. The molecular formula is C10H19N3O5. The molecule has 0 aliphatic rings. The second-order valence-electron chi connectivity index (χ2n) is 3.89. The molecule has 2 unspecified atom stereocenters. The number of aliphatic carboxylic acids is 2. The number of nitrogens with one attached hydrogen (secondary N) is 1. The molecule has 1 amide bonds. The van der Waals surface area contributed by atoms with Crippen LogP contribution in [0.2, 0.25) is 0 Å². The average molecular weight is 261 g/mol. The smallest absolute Gasteiger partial charge is 0.326 e. The summed E-state index contributed by atoms with van der Waals surface area (Å²) in [4.78, 5) is 32.6. The predicted octanol–water partition coefficient (Wildman–Crippen LogP) is -1.51. The van der Waals surface area contributed by atoms with E-state index in [1.807, 2.05) is 0 Å². The fraction of sp³-hybridized carbons (Fsp3) is 0.700. The van der Waals surface area contributed by atoms with Gasteiger partial charge in [0.05, 0.1) is 6.42 Å². The van der Waals surface area contributed by atoms with Crippen LogP contribution >= 0.6 is 0 Å². The van der Waals surface area contributed by atoms with Gasteiger partial charge in [0, 0.05) is 0 Å². The molecule has 0 fully saturated rings. The van der Waals surface area contributed by atoms with Crippen LogP contribution in [0, 0.1) is 0 Å². The lowest BCUT2D eigenvalue weighted by atomic mass is 10.1. The maximum atomic E-state index is 11.4. The van der Waals surface area contributed by atoms with Gasteiger partial charge in [0.15, 0.2) is 0 Å². The Morgan fingerprint density at radius 3 is 2.17 bits per heavy atom. The lowest BCUT2D eigenvalue weighted by Crippen LogP contribution is -2.44. The number of carboxylic acid groups (broad SMARTS) is 2. The van der Waals surface area contributed by atoms with E-state index in [9.17, 15) is 14.4 Å². The molecule has 8 heteroatoms. The third-order valence-electron chi connectivity index (χ3n) is 2.30. The maximum absolute atomic E-state index is 11.4. The Bertz CT molecular complexity index is 308. The molecule has 7 N–H and O–H groups in total. The number of hydrogen-bond donors (Lipinski definition) is 5. The third-order valence-corrected chi connectivity index (χ3v) is 2.30. The fourth-order valence-corrected chi connectivity index (χ4v) is 1.29. The molecule has 0 heterocycles. The number of unbranched alkanes of at least 4 members (excludes halogenated alkanes) is 1. The minimum absolute atomic E-state index is 0.251. The van der Waals surface area contributed by atoms with E-state index in [-0.39, 0.29) is 6.42 Å². The van der Waals surface area contributed by atoms with Gasteiger partial charge in [-0.3, -0.25) is 9.59 Å². The van der Waals surface area contributed by atoms with Crippen molar-refractivity contribution in [2.45, 2.75) is 37.8 Å². The molecule has 0 bridgehead atoms. The molecule has 0 saturated heterocycles. The van der Waals surface area contributed by atoms with E-state index in [2.05, 4.69) is 5.32 Å². The van der Waals surface area contributed by atoms with Gasteiger partial charge >= 0.3 is 11.9 Å². The van der Waals surface area contributed by atoms with Crippen molar-refractivity contribution in [1.82, 2.24) is 5.32 Å². The third kappa shape index (κ3) is 6.81. The summed E-state index contributed by atoms with van der Waals surface area (Å²) >= 11 is 0. The van der Waals surface area contributed by atoms with E-state index in [0.717, 1.165) is 0 Å². The molecular weight excluding hydrogens is 242 g/mol. The van der Waals surface area contributed by atoms with Gasteiger partial charge in [-0.1, -0.05) is 0 Å². The van der Waals surface area contributed by atoms with E-state index in [4.69, 9.17) is 21.7 Å². The summed E-state index contributed by atoms with van der Waals surface area (Å²) < 4.78 is 0. The standard InChI is InChI=1S/C10H19N3O5/c11-4-2-1-3-7(10(17)18)13-8(14)5-6(12)9(15)16/h6-7H,1-5,11-12H2,(H,13,14)(H,15,16)(H,17,18). The van der Waals surface area contributed by atoms with Crippen LogP contribution in [0.15, 0.2) is 0 Å². The molecule has 0 aromatic carbocycles. The topological polar surface area (TPSA) is 156 Å². The Labute approximate surface area is 104 Å². The van der Waals surface area contributed by atoms with Crippen LogP contribution in [0.4, 0.5) is 0 Å². The second kappa shape index (κ2) is 8.43. The molecule has 0 aromatic rings. The van der Waals surface area contributed by atoms with Crippen LogP contribution in [-0.4, -0.2) is 46.7 Å². The van der Waals surface area contributed by atoms with Crippen molar-refractivity contribution in [2.75, 3.05) is 6.54 Å². The molecule has 104 valence electrons. The molecule has 0 rings (SSSR count). The molecule has 0 aliphatic carbocycles. The van der Waals surface area contributed by atoms with Crippen LogP contribution in [0.3, 0.4) is 0 Å².